The van der Waals surface area contributed by atoms with Crippen molar-refractivity contribution in [3.63, 3.8) is 0 Å². The molecule has 0 aliphatic carbocycles. The van der Waals surface area contributed by atoms with E-state index in [2.05, 4.69) is 49.1 Å². The van der Waals surface area contributed by atoms with Gasteiger partial charge in [-0.25, -0.2) is 0 Å². The number of rotatable bonds is 4. The van der Waals surface area contributed by atoms with E-state index in [1.54, 1.807) is 0 Å². The third-order valence-electron chi connectivity index (χ3n) is 3.43. The van der Waals surface area contributed by atoms with E-state index in [0.29, 0.717) is 0 Å². The Hall–Kier alpha value is -0.860. The average molecular weight is 218 g/mol. The van der Waals surface area contributed by atoms with Crippen LogP contribution in [0.2, 0.25) is 0 Å². The Morgan fingerprint density at radius 3 is 2.44 bits per heavy atom. The molecule has 2 nitrogen and oxygen atoms in total. The summed E-state index contributed by atoms with van der Waals surface area (Å²) in [5.74, 6) is 0.731. The molecule has 1 aromatic rings. The second-order valence-corrected chi connectivity index (χ2v) is 5.67. The van der Waals surface area contributed by atoms with Crippen molar-refractivity contribution in [3.05, 3.63) is 35.9 Å². The minimum atomic E-state index is 0.252. The first-order chi connectivity index (χ1) is 7.61. The molecule has 1 aliphatic rings. The van der Waals surface area contributed by atoms with Crippen LogP contribution >= 0.6 is 0 Å². The molecule has 0 unspecified atom stereocenters. The van der Waals surface area contributed by atoms with Gasteiger partial charge in [0.2, 0.25) is 0 Å². The zero-order chi connectivity index (χ0) is 11.6. The molecule has 0 aromatic heterocycles. The number of nitrogens with zero attached hydrogens (tertiary/aromatic N) is 1. The minimum absolute atomic E-state index is 0.252. The molecule has 0 atom stereocenters. The standard InChI is InChI=1S/C14H22N2/c1-14(2,10-15)11-16-8-13(9-16)12-6-4-3-5-7-12/h3-7,13H,8-11,15H2,1-2H3. The van der Waals surface area contributed by atoms with Crippen LogP contribution in [0.5, 0.6) is 0 Å². The average Bonchev–Trinajstić information content (AvgIpc) is 2.24. The van der Waals surface area contributed by atoms with Crippen LogP contribution in [-0.4, -0.2) is 31.1 Å². The van der Waals surface area contributed by atoms with Crippen molar-refractivity contribution in [3.8, 4) is 0 Å². The van der Waals surface area contributed by atoms with Crippen molar-refractivity contribution in [2.75, 3.05) is 26.2 Å². The highest BCUT2D eigenvalue weighted by atomic mass is 15.2. The Bertz CT molecular complexity index is 326. The molecule has 0 amide bonds. The summed E-state index contributed by atoms with van der Waals surface area (Å²) in [5.41, 5.74) is 7.48. The summed E-state index contributed by atoms with van der Waals surface area (Å²) in [5, 5.41) is 0. The predicted molar refractivity (Wildman–Crippen MR) is 68.5 cm³/mol. The fourth-order valence-corrected chi connectivity index (χ4v) is 2.30. The smallest absolute Gasteiger partial charge is 0.00936 e. The van der Waals surface area contributed by atoms with E-state index in [0.717, 1.165) is 19.0 Å². The lowest BCUT2D eigenvalue weighted by molar-refractivity contribution is 0.0967. The third-order valence-corrected chi connectivity index (χ3v) is 3.43. The summed E-state index contributed by atoms with van der Waals surface area (Å²) in [4.78, 5) is 2.50. The number of hydrogen-bond acceptors (Lipinski definition) is 2. The van der Waals surface area contributed by atoms with E-state index in [4.69, 9.17) is 5.73 Å². The SMILES string of the molecule is CC(C)(CN)CN1CC(c2ccccc2)C1. The zero-order valence-electron chi connectivity index (χ0n) is 10.3. The van der Waals surface area contributed by atoms with Crippen LogP contribution in [0, 0.1) is 5.41 Å². The lowest BCUT2D eigenvalue weighted by Crippen LogP contribution is -2.50. The van der Waals surface area contributed by atoms with Crippen LogP contribution in [0.4, 0.5) is 0 Å². The molecular weight excluding hydrogens is 196 g/mol. The maximum atomic E-state index is 5.75. The Kier molecular flexibility index (Phi) is 3.31. The molecule has 1 saturated heterocycles. The van der Waals surface area contributed by atoms with Crippen molar-refractivity contribution in [1.29, 1.82) is 0 Å². The molecule has 0 radical (unpaired) electrons. The van der Waals surface area contributed by atoms with Gasteiger partial charge in [-0.15, -0.1) is 0 Å². The van der Waals surface area contributed by atoms with E-state index < -0.39 is 0 Å². The molecule has 0 saturated carbocycles. The molecule has 1 fully saturated rings. The summed E-state index contributed by atoms with van der Waals surface area (Å²) >= 11 is 0. The Morgan fingerprint density at radius 2 is 1.88 bits per heavy atom. The van der Waals surface area contributed by atoms with E-state index in [9.17, 15) is 0 Å². The van der Waals surface area contributed by atoms with Crippen molar-refractivity contribution in [2.24, 2.45) is 11.1 Å². The van der Waals surface area contributed by atoms with Gasteiger partial charge < -0.3 is 10.6 Å². The molecule has 1 aromatic carbocycles. The second kappa shape index (κ2) is 4.56. The maximum absolute atomic E-state index is 5.75. The van der Waals surface area contributed by atoms with Crippen molar-refractivity contribution < 1.29 is 0 Å². The monoisotopic (exact) mass is 218 g/mol. The second-order valence-electron chi connectivity index (χ2n) is 5.67. The Balaban J connectivity index is 1.83. The Labute approximate surface area is 98.4 Å². The number of nitrogens with two attached hydrogens (primary N) is 1. The van der Waals surface area contributed by atoms with E-state index in [1.165, 1.54) is 18.7 Å². The van der Waals surface area contributed by atoms with Crippen LogP contribution in [0.15, 0.2) is 30.3 Å². The van der Waals surface area contributed by atoms with Gasteiger partial charge >= 0.3 is 0 Å². The fourth-order valence-electron chi connectivity index (χ4n) is 2.30. The first-order valence-corrected chi connectivity index (χ1v) is 6.08. The highest BCUT2D eigenvalue weighted by Crippen LogP contribution is 2.29. The molecule has 0 spiro atoms. The highest BCUT2D eigenvalue weighted by molar-refractivity contribution is 5.22. The normalized spacial score (nSPS) is 18.4. The largest absolute Gasteiger partial charge is 0.330 e. The van der Waals surface area contributed by atoms with Gasteiger partial charge in [0.15, 0.2) is 0 Å². The number of likely N-dealkylation sites (tertiary alicyclic amines) is 1. The molecule has 1 heterocycles. The molecule has 2 N–H and O–H groups in total. The van der Waals surface area contributed by atoms with Gasteiger partial charge in [0.1, 0.15) is 0 Å². The first-order valence-electron chi connectivity index (χ1n) is 6.08. The summed E-state index contributed by atoms with van der Waals surface area (Å²) in [6.45, 7) is 8.74. The predicted octanol–water partition coefficient (Wildman–Crippen LogP) is 2.07. The molecular formula is C14H22N2. The lowest BCUT2D eigenvalue weighted by Gasteiger charge is -2.43. The summed E-state index contributed by atoms with van der Waals surface area (Å²) in [6.07, 6.45) is 0. The van der Waals surface area contributed by atoms with Crippen molar-refractivity contribution in [2.45, 2.75) is 19.8 Å². The highest BCUT2D eigenvalue weighted by Gasteiger charge is 2.31. The van der Waals surface area contributed by atoms with Crippen LogP contribution in [0.3, 0.4) is 0 Å². The van der Waals surface area contributed by atoms with Crippen molar-refractivity contribution in [1.82, 2.24) is 4.90 Å². The molecule has 88 valence electrons. The molecule has 1 aliphatic heterocycles. The summed E-state index contributed by atoms with van der Waals surface area (Å²) < 4.78 is 0. The molecule has 2 heteroatoms. The molecule has 16 heavy (non-hydrogen) atoms. The Morgan fingerprint density at radius 1 is 1.25 bits per heavy atom. The molecule has 2 rings (SSSR count). The molecule has 0 bridgehead atoms. The van der Waals surface area contributed by atoms with Gasteiger partial charge in [-0.1, -0.05) is 44.2 Å². The summed E-state index contributed by atoms with van der Waals surface area (Å²) in [7, 11) is 0. The number of benzene rings is 1. The van der Waals surface area contributed by atoms with E-state index in [1.807, 2.05) is 0 Å². The van der Waals surface area contributed by atoms with Gasteiger partial charge in [0.05, 0.1) is 0 Å². The lowest BCUT2D eigenvalue weighted by atomic mass is 9.87. The van der Waals surface area contributed by atoms with Gasteiger partial charge in [-0.05, 0) is 17.5 Å². The van der Waals surface area contributed by atoms with Gasteiger partial charge in [-0.3, -0.25) is 0 Å². The van der Waals surface area contributed by atoms with Crippen molar-refractivity contribution >= 4 is 0 Å². The maximum Gasteiger partial charge on any atom is 0.00936 e. The van der Waals surface area contributed by atoms with E-state index in [-0.39, 0.29) is 5.41 Å². The van der Waals surface area contributed by atoms with Crippen LogP contribution in [-0.2, 0) is 0 Å². The zero-order valence-corrected chi connectivity index (χ0v) is 10.3. The minimum Gasteiger partial charge on any atom is -0.330 e. The van der Waals surface area contributed by atoms with Crippen LogP contribution in [0.1, 0.15) is 25.3 Å². The van der Waals surface area contributed by atoms with Gasteiger partial charge in [0, 0.05) is 25.6 Å². The fraction of sp³-hybridized carbons (Fsp3) is 0.571. The van der Waals surface area contributed by atoms with Gasteiger partial charge in [0.25, 0.3) is 0 Å². The topological polar surface area (TPSA) is 29.3 Å². The number of hydrogen-bond donors (Lipinski definition) is 1. The van der Waals surface area contributed by atoms with Gasteiger partial charge in [-0.2, -0.15) is 0 Å². The van der Waals surface area contributed by atoms with E-state index >= 15 is 0 Å². The van der Waals surface area contributed by atoms with Crippen LogP contribution in [0.25, 0.3) is 0 Å². The quantitative estimate of drug-likeness (QED) is 0.838. The van der Waals surface area contributed by atoms with Crippen LogP contribution < -0.4 is 5.73 Å². The summed E-state index contributed by atoms with van der Waals surface area (Å²) in [6, 6.07) is 10.8. The third kappa shape index (κ3) is 2.63. The first kappa shape index (κ1) is 11.6.